The van der Waals surface area contributed by atoms with E-state index < -0.39 is 0 Å². The highest BCUT2D eigenvalue weighted by Gasteiger charge is 2.22. The molecule has 2 unspecified atom stereocenters. The van der Waals surface area contributed by atoms with Crippen molar-refractivity contribution in [1.29, 1.82) is 0 Å². The molecule has 106 valence electrons. The Kier molecular flexibility index (Phi) is 5.83. The van der Waals surface area contributed by atoms with Crippen molar-refractivity contribution in [3.05, 3.63) is 35.9 Å². The van der Waals surface area contributed by atoms with Crippen LogP contribution < -0.4 is 5.32 Å². The fraction of sp³-hybridized carbons (Fsp3) is 0.625. The van der Waals surface area contributed by atoms with Gasteiger partial charge in [-0.25, -0.2) is 0 Å². The molecule has 3 heteroatoms. The summed E-state index contributed by atoms with van der Waals surface area (Å²) in [7, 11) is 2.03. The number of benzene rings is 1. The van der Waals surface area contributed by atoms with E-state index in [0.29, 0.717) is 18.7 Å². The lowest BCUT2D eigenvalue weighted by atomic mass is 10.00. The molecule has 0 aromatic heterocycles. The van der Waals surface area contributed by atoms with Gasteiger partial charge in [-0.15, -0.1) is 0 Å². The van der Waals surface area contributed by atoms with E-state index in [1.807, 2.05) is 7.05 Å². The van der Waals surface area contributed by atoms with Crippen molar-refractivity contribution < 1.29 is 5.11 Å². The number of likely N-dealkylation sites (tertiary alicyclic amines) is 1. The molecule has 2 atom stereocenters. The Morgan fingerprint density at radius 1 is 1.32 bits per heavy atom. The van der Waals surface area contributed by atoms with E-state index in [4.69, 9.17) is 0 Å². The van der Waals surface area contributed by atoms with Crippen molar-refractivity contribution in [3.8, 4) is 0 Å². The third kappa shape index (κ3) is 4.03. The average molecular weight is 262 g/mol. The molecule has 0 aliphatic carbocycles. The summed E-state index contributed by atoms with van der Waals surface area (Å²) in [6.07, 6.45) is 4.77. The van der Waals surface area contributed by atoms with Crippen LogP contribution in [0.3, 0.4) is 0 Å². The Morgan fingerprint density at radius 3 is 2.79 bits per heavy atom. The van der Waals surface area contributed by atoms with E-state index in [1.54, 1.807) is 0 Å². The first-order valence-corrected chi connectivity index (χ1v) is 7.42. The Hall–Kier alpha value is -0.900. The van der Waals surface area contributed by atoms with Crippen LogP contribution in [0.1, 0.15) is 37.3 Å². The number of hydrogen-bond acceptors (Lipinski definition) is 3. The Balaban J connectivity index is 1.89. The first kappa shape index (κ1) is 14.5. The number of hydrogen-bond donors (Lipinski definition) is 2. The maximum Gasteiger partial charge on any atom is 0.0586 e. The monoisotopic (exact) mass is 262 g/mol. The standard InChI is InChI=1S/C16H26N2O/c1-17-16(14-7-3-2-4-8-14)10-12-18-11-6-5-9-15(18)13-19/h2-4,7-8,15-17,19H,5-6,9-13H2,1H3. The summed E-state index contributed by atoms with van der Waals surface area (Å²) < 4.78 is 0. The second-order valence-electron chi connectivity index (χ2n) is 5.41. The van der Waals surface area contributed by atoms with Crippen molar-refractivity contribution >= 4 is 0 Å². The number of rotatable bonds is 6. The fourth-order valence-corrected chi connectivity index (χ4v) is 3.02. The van der Waals surface area contributed by atoms with Gasteiger partial charge in [0.05, 0.1) is 6.61 Å². The van der Waals surface area contributed by atoms with E-state index in [1.165, 1.54) is 18.4 Å². The van der Waals surface area contributed by atoms with Crippen LogP contribution in [0.4, 0.5) is 0 Å². The van der Waals surface area contributed by atoms with Crippen LogP contribution >= 0.6 is 0 Å². The van der Waals surface area contributed by atoms with Crippen molar-refractivity contribution in [2.24, 2.45) is 0 Å². The van der Waals surface area contributed by atoms with Gasteiger partial charge in [0.2, 0.25) is 0 Å². The van der Waals surface area contributed by atoms with Gasteiger partial charge in [-0.1, -0.05) is 36.8 Å². The van der Waals surface area contributed by atoms with Gasteiger partial charge in [-0.3, -0.25) is 4.90 Å². The van der Waals surface area contributed by atoms with E-state index >= 15 is 0 Å². The molecule has 1 saturated heterocycles. The summed E-state index contributed by atoms with van der Waals surface area (Å²) in [5.41, 5.74) is 1.35. The molecule has 1 aromatic rings. The van der Waals surface area contributed by atoms with E-state index in [-0.39, 0.29) is 0 Å². The van der Waals surface area contributed by atoms with Crippen LogP contribution in [0.25, 0.3) is 0 Å². The molecule has 2 N–H and O–H groups in total. The summed E-state index contributed by atoms with van der Waals surface area (Å²) in [4.78, 5) is 2.46. The maximum absolute atomic E-state index is 9.44. The first-order valence-electron chi connectivity index (χ1n) is 7.42. The van der Waals surface area contributed by atoms with Crippen molar-refractivity contribution in [2.45, 2.75) is 37.8 Å². The van der Waals surface area contributed by atoms with Gasteiger partial charge in [0.15, 0.2) is 0 Å². The zero-order valence-electron chi connectivity index (χ0n) is 11.9. The first-order chi connectivity index (χ1) is 9.35. The molecule has 0 spiro atoms. The molecular formula is C16H26N2O. The number of nitrogens with one attached hydrogen (secondary N) is 1. The number of nitrogens with zero attached hydrogens (tertiary/aromatic N) is 1. The molecule has 1 fully saturated rings. The summed E-state index contributed by atoms with van der Waals surface area (Å²) in [5.74, 6) is 0. The summed E-state index contributed by atoms with van der Waals surface area (Å²) in [6.45, 7) is 2.50. The molecule has 0 radical (unpaired) electrons. The highest BCUT2D eigenvalue weighted by Crippen LogP contribution is 2.21. The second kappa shape index (κ2) is 7.63. The topological polar surface area (TPSA) is 35.5 Å². The van der Waals surface area contributed by atoms with Gasteiger partial charge in [-0.05, 0) is 38.4 Å². The molecule has 0 amide bonds. The van der Waals surface area contributed by atoms with Gasteiger partial charge < -0.3 is 10.4 Å². The molecule has 3 nitrogen and oxygen atoms in total. The molecule has 1 aromatic carbocycles. The summed E-state index contributed by atoms with van der Waals surface area (Å²) in [5, 5.41) is 12.8. The average Bonchev–Trinajstić information content (AvgIpc) is 2.49. The highest BCUT2D eigenvalue weighted by atomic mass is 16.3. The third-order valence-corrected chi connectivity index (χ3v) is 4.22. The van der Waals surface area contributed by atoms with Crippen molar-refractivity contribution in [1.82, 2.24) is 10.2 Å². The molecule has 1 heterocycles. The molecular weight excluding hydrogens is 236 g/mol. The van der Waals surface area contributed by atoms with Crippen LogP contribution in [0, 0.1) is 0 Å². The minimum absolute atomic E-state index is 0.301. The fourth-order valence-electron chi connectivity index (χ4n) is 3.02. The van der Waals surface area contributed by atoms with Gasteiger partial charge in [-0.2, -0.15) is 0 Å². The van der Waals surface area contributed by atoms with Crippen LogP contribution in [0.5, 0.6) is 0 Å². The van der Waals surface area contributed by atoms with Crippen LogP contribution in [0.15, 0.2) is 30.3 Å². The lowest BCUT2D eigenvalue weighted by Crippen LogP contribution is -2.43. The zero-order chi connectivity index (χ0) is 13.5. The largest absolute Gasteiger partial charge is 0.395 e. The van der Waals surface area contributed by atoms with Gasteiger partial charge >= 0.3 is 0 Å². The van der Waals surface area contributed by atoms with E-state index in [0.717, 1.165) is 25.9 Å². The molecule has 2 rings (SSSR count). The van der Waals surface area contributed by atoms with Crippen molar-refractivity contribution in [3.63, 3.8) is 0 Å². The summed E-state index contributed by atoms with van der Waals surface area (Å²) in [6, 6.07) is 11.4. The predicted molar refractivity (Wildman–Crippen MR) is 79.2 cm³/mol. The van der Waals surface area contributed by atoms with Crippen LogP contribution in [0.2, 0.25) is 0 Å². The van der Waals surface area contributed by atoms with Crippen LogP contribution in [-0.4, -0.2) is 42.8 Å². The minimum Gasteiger partial charge on any atom is -0.395 e. The zero-order valence-corrected chi connectivity index (χ0v) is 11.9. The number of aliphatic hydroxyl groups is 1. The SMILES string of the molecule is CNC(CCN1CCCCC1CO)c1ccccc1. The molecule has 0 bridgehead atoms. The van der Waals surface area contributed by atoms with Gasteiger partial charge in [0.1, 0.15) is 0 Å². The Labute approximate surface area is 116 Å². The molecule has 1 aliphatic rings. The van der Waals surface area contributed by atoms with Crippen molar-refractivity contribution in [2.75, 3.05) is 26.7 Å². The molecule has 19 heavy (non-hydrogen) atoms. The second-order valence-corrected chi connectivity index (χ2v) is 5.41. The minimum atomic E-state index is 0.301. The molecule has 0 saturated carbocycles. The maximum atomic E-state index is 9.44. The number of aliphatic hydroxyl groups excluding tert-OH is 1. The van der Waals surface area contributed by atoms with E-state index in [2.05, 4.69) is 40.5 Å². The lowest BCUT2D eigenvalue weighted by Gasteiger charge is -2.35. The summed E-state index contributed by atoms with van der Waals surface area (Å²) >= 11 is 0. The highest BCUT2D eigenvalue weighted by molar-refractivity contribution is 5.18. The van der Waals surface area contributed by atoms with Gasteiger partial charge in [0.25, 0.3) is 0 Å². The van der Waals surface area contributed by atoms with Crippen LogP contribution in [-0.2, 0) is 0 Å². The Bertz CT molecular complexity index is 355. The Morgan fingerprint density at radius 2 is 2.11 bits per heavy atom. The van der Waals surface area contributed by atoms with Gasteiger partial charge in [0, 0.05) is 18.6 Å². The normalized spacial score (nSPS) is 22.3. The third-order valence-electron chi connectivity index (χ3n) is 4.22. The predicted octanol–water partition coefficient (Wildman–Crippen LogP) is 2.18. The number of piperidine rings is 1. The van der Waals surface area contributed by atoms with E-state index in [9.17, 15) is 5.11 Å². The smallest absolute Gasteiger partial charge is 0.0586 e. The molecule has 1 aliphatic heterocycles. The lowest BCUT2D eigenvalue weighted by molar-refractivity contribution is 0.0867. The quantitative estimate of drug-likeness (QED) is 0.825.